The number of nitrogens with zero attached hydrogens (tertiary/aromatic N) is 5. The number of aliphatic imine (C=N–C) groups is 5. The highest BCUT2D eigenvalue weighted by molar-refractivity contribution is 6.54. The molecular weight excluding hydrogens is 880 g/mol. The number of anilines is 1. The van der Waals surface area contributed by atoms with Crippen LogP contribution in [0, 0.1) is 0 Å². The van der Waals surface area contributed by atoms with Gasteiger partial charge >= 0.3 is 18.5 Å². The molecule has 4 aromatic carbocycles. The largest absolute Gasteiger partial charge is 0.416 e. The van der Waals surface area contributed by atoms with Crippen LogP contribution in [-0.4, -0.2) is 58.5 Å². The Morgan fingerprint density at radius 1 is 0.627 bits per heavy atom. The molecule has 0 aromatic heterocycles. The van der Waals surface area contributed by atoms with Crippen molar-refractivity contribution in [1.29, 1.82) is 0 Å². The molecule has 336 valence electrons. The summed E-state index contributed by atoms with van der Waals surface area (Å²) < 4.78 is 127. The number of hydrogen-bond acceptors (Lipinski definition) is 6. The molecule has 3 aliphatic carbocycles. The fraction of sp³-hybridized carbons (Fsp3) is 0.173. The molecule has 0 spiro atoms. The van der Waals surface area contributed by atoms with Crippen molar-refractivity contribution in [2.75, 3.05) is 5.32 Å². The number of rotatable bonds is 5. The van der Waals surface area contributed by atoms with Gasteiger partial charge in [0.15, 0.2) is 0 Å². The lowest BCUT2D eigenvalue weighted by Crippen LogP contribution is -2.43. The Morgan fingerprint density at radius 2 is 1.27 bits per heavy atom. The van der Waals surface area contributed by atoms with Gasteiger partial charge in [-0.3, -0.25) is 15.0 Å². The average Bonchev–Trinajstić information content (AvgIpc) is 3.32. The lowest BCUT2D eigenvalue weighted by atomic mass is 9.80. The lowest BCUT2D eigenvalue weighted by molar-refractivity contribution is -0.137. The van der Waals surface area contributed by atoms with Gasteiger partial charge in [-0.2, -0.15) is 39.5 Å². The van der Waals surface area contributed by atoms with Crippen molar-refractivity contribution < 1.29 is 39.5 Å². The zero-order valence-electron chi connectivity index (χ0n) is 35.1. The highest BCUT2D eigenvalue weighted by atomic mass is 19.4. The molecular formula is C52H35F9N6. The summed E-state index contributed by atoms with van der Waals surface area (Å²) in [5.74, 6) is 0. The molecule has 4 atom stereocenters. The summed E-state index contributed by atoms with van der Waals surface area (Å²) in [5, 5.41) is 3.32. The Bertz CT molecular complexity index is 3090. The van der Waals surface area contributed by atoms with Crippen molar-refractivity contribution >= 4 is 39.9 Å². The van der Waals surface area contributed by atoms with Crippen molar-refractivity contribution in [3.8, 4) is 0 Å². The Hall–Kier alpha value is -7.42. The standard InChI is InChI=1S/C52H35F9N6/c1-49-22-21-37(52(59,60)61)28-42(49)66-45(31-15-9-4-10-16-31)48(67-49)34-24-32(46-43(29-11-5-2-6-12-29)64-40-26-35(50(53,54)55)17-19-38(40)62-46)23-33(25-34)47-44(30-13-7-3-8-14-30)65-41-27-36(51(56,57)58)18-20-39(41)63-47/h2-22,24-28,40,42,44,65H,23H2,1H3. The molecule has 3 heterocycles. The molecule has 6 nitrogen and oxygen atoms in total. The van der Waals surface area contributed by atoms with E-state index in [1.807, 2.05) is 24.3 Å². The minimum absolute atomic E-state index is 0.0991. The molecule has 6 aliphatic rings. The molecule has 1 N–H and O–H groups in total. The topological polar surface area (TPSA) is 73.8 Å². The summed E-state index contributed by atoms with van der Waals surface area (Å²) in [7, 11) is 0. The molecule has 0 saturated heterocycles. The zero-order chi connectivity index (χ0) is 46.9. The summed E-state index contributed by atoms with van der Waals surface area (Å²) in [6.07, 6.45) is -3.41. The van der Waals surface area contributed by atoms with E-state index in [-0.39, 0.29) is 23.5 Å². The summed E-state index contributed by atoms with van der Waals surface area (Å²) in [5.41, 5.74) is 1.84. The predicted molar refractivity (Wildman–Crippen MR) is 243 cm³/mol. The maximum atomic E-state index is 14.1. The van der Waals surface area contributed by atoms with Crippen LogP contribution < -0.4 is 5.32 Å². The van der Waals surface area contributed by atoms with Gasteiger partial charge in [0.25, 0.3) is 0 Å². The lowest BCUT2D eigenvalue weighted by Gasteiger charge is -2.37. The molecule has 0 radical (unpaired) electrons. The summed E-state index contributed by atoms with van der Waals surface area (Å²) in [4.78, 5) is 25.2. The average molecular weight is 915 g/mol. The fourth-order valence-electron chi connectivity index (χ4n) is 8.77. The van der Waals surface area contributed by atoms with Crippen LogP contribution in [0.5, 0.6) is 0 Å². The Kier molecular flexibility index (Phi) is 10.5. The van der Waals surface area contributed by atoms with E-state index in [1.165, 1.54) is 18.2 Å². The summed E-state index contributed by atoms with van der Waals surface area (Å²) in [6.45, 7) is 1.69. The van der Waals surface area contributed by atoms with E-state index in [9.17, 15) is 39.5 Å². The first-order chi connectivity index (χ1) is 31.9. The number of fused-ring (bicyclic) bond motifs is 3. The van der Waals surface area contributed by atoms with Crippen LogP contribution in [0.3, 0.4) is 0 Å². The molecule has 0 amide bonds. The third-order valence-corrected chi connectivity index (χ3v) is 12.2. The van der Waals surface area contributed by atoms with Crippen LogP contribution in [-0.2, 0) is 6.18 Å². The van der Waals surface area contributed by atoms with Gasteiger partial charge in [0.2, 0.25) is 0 Å². The van der Waals surface area contributed by atoms with Crippen LogP contribution in [0.2, 0.25) is 0 Å². The molecule has 10 rings (SSSR count). The number of benzene rings is 4. The van der Waals surface area contributed by atoms with Crippen molar-refractivity contribution in [1.82, 2.24) is 0 Å². The third-order valence-electron chi connectivity index (χ3n) is 12.2. The second kappa shape index (κ2) is 16.2. The Balaban J connectivity index is 1.22. The quantitative estimate of drug-likeness (QED) is 0.199. The van der Waals surface area contributed by atoms with Gasteiger partial charge in [-0.15, -0.1) is 0 Å². The third kappa shape index (κ3) is 8.38. The van der Waals surface area contributed by atoms with E-state index in [0.717, 1.165) is 36.4 Å². The first kappa shape index (κ1) is 43.5. The zero-order valence-corrected chi connectivity index (χ0v) is 35.1. The van der Waals surface area contributed by atoms with Gasteiger partial charge in [0.1, 0.15) is 11.6 Å². The number of nitrogens with one attached hydrogen (secondary N) is 1. The number of alkyl halides is 9. The molecule has 0 bridgehead atoms. The first-order valence-electron chi connectivity index (χ1n) is 21.1. The van der Waals surface area contributed by atoms with Crippen molar-refractivity contribution in [3.05, 3.63) is 214 Å². The van der Waals surface area contributed by atoms with Gasteiger partial charge in [-0.1, -0.05) is 103 Å². The normalized spacial score (nSPS) is 24.7. The monoisotopic (exact) mass is 914 g/mol. The van der Waals surface area contributed by atoms with Crippen molar-refractivity contribution in [2.45, 2.75) is 55.5 Å². The Morgan fingerprint density at radius 3 is 1.93 bits per heavy atom. The maximum absolute atomic E-state index is 14.1. The fourth-order valence-corrected chi connectivity index (χ4v) is 8.77. The molecule has 4 aromatic rings. The molecule has 0 saturated carbocycles. The predicted octanol–water partition coefficient (Wildman–Crippen LogP) is 13.0. The van der Waals surface area contributed by atoms with Crippen LogP contribution in [0.25, 0.3) is 0 Å². The SMILES string of the molecule is CC12C=CC(C(F)(F)F)=CC1N=C(c1ccccc1)C(C1=CC(=C3N=C4C=CC(C(F)(F)F)=CC4N=C3c3ccccc3)CC(C3=Nc4ccc(C(F)(F)F)cc4NC3c3ccccc3)=C1)=N2. The highest BCUT2D eigenvalue weighted by Gasteiger charge is 2.44. The number of hydrogen-bond donors (Lipinski definition) is 1. The molecule has 3 aliphatic heterocycles. The molecule has 0 fully saturated rings. The van der Waals surface area contributed by atoms with Crippen molar-refractivity contribution in [3.63, 3.8) is 0 Å². The molecule has 67 heavy (non-hydrogen) atoms. The summed E-state index contributed by atoms with van der Waals surface area (Å²) >= 11 is 0. The second-order valence-corrected chi connectivity index (χ2v) is 16.7. The van der Waals surface area contributed by atoms with Crippen LogP contribution in [0.1, 0.15) is 41.6 Å². The number of allylic oxidation sites excluding steroid dienone is 9. The highest BCUT2D eigenvalue weighted by Crippen LogP contribution is 2.45. The molecule has 15 heteroatoms. The smallest absolute Gasteiger partial charge is 0.371 e. The maximum Gasteiger partial charge on any atom is 0.416 e. The number of halogens is 9. The van der Waals surface area contributed by atoms with Gasteiger partial charge in [0, 0.05) is 23.1 Å². The minimum atomic E-state index is -4.64. The van der Waals surface area contributed by atoms with E-state index < -0.39 is 58.9 Å². The Labute approximate surface area is 377 Å². The van der Waals surface area contributed by atoms with E-state index in [0.29, 0.717) is 62.0 Å². The second-order valence-electron chi connectivity index (χ2n) is 16.7. The van der Waals surface area contributed by atoms with Gasteiger partial charge < -0.3 is 5.32 Å². The minimum Gasteiger partial charge on any atom is -0.371 e. The van der Waals surface area contributed by atoms with E-state index >= 15 is 0 Å². The van der Waals surface area contributed by atoms with E-state index in [1.54, 1.807) is 85.8 Å². The summed E-state index contributed by atoms with van der Waals surface area (Å²) in [6, 6.07) is 27.1. The van der Waals surface area contributed by atoms with Crippen LogP contribution >= 0.6 is 0 Å². The molecule has 4 unspecified atom stereocenters. The van der Waals surface area contributed by atoms with Gasteiger partial charge in [0.05, 0.1) is 74.4 Å². The van der Waals surface area contributed by atoms with Crippen LogP contribution in [0.15, 0.2) is 216 Å². The van der Waals surface area contributed by atoms with Gasteiger partial charge in [-0.05, 0) is 78.3 Å². The first-order valence-corrected chi connectivity index (χ1v) is 21.1. The van der Waals surface area contributed by atoms with Crippen LogP contribution in [0.4, 0.5) is 50.9 Å². The van der Waals surface area contributed by atoms with E-state index in [4.69, 9.17) is 25.0 Å². The van der Waals surface area contributed by atoms with E-state index in [2.05, 4.69) is 5.32 Å². The van der Waals surface area contributed by atoms with Crippen molar-refractivity contribution in [2.24, 2.45) is 25.0 Å². The van der Waals surface area contributed by atoms with Gasteiger partial charge in [-0.25, -0.2) is 9.98 Å².